The van der Waals surface area contributed by atoms with Gasteiger partial charge < -0.3 is 0 Å². The Morgan fingerprint density at radius 2 is 0.840 bits per heavy atom. The fraction of sp³-hybridized carbons (Fsp3) is 0.468. The Morgan fingerprint density at radius 3 is 1.30 bits per heavy atom. The van der Waals surface area contributed by atoms with E-state index in [1.54, 1.807) is 0 Å². The van der Waals surface area contributed by atoms with E-state index in [-0.39, 0.29) is 33.6 Å². The molecule has 0 spiro atoms. The quantitative estimate of drug-likeness (QED) is 0.118. The molecule has 0 saturated carbocycles. The maximum Gasteiger partial charge on any atom is 0.168 e. The summed E-state index contributed by atoms with van der Waals surface area (Å²) in [6, 6.07) is 31.6. The molecule has 0 aliphatic carbocycles. The van der Waals surface area contributed by atoms with Gasteiger partial charge in [-0.3, -0.25) is 14.4 Å². The minimum Gasteiger partial charge on any atom is -0.294 e. The van der Waals surface area contributed by atoms with Gasteiger partial charge in [0.2, 0.25) is 0 Å². The van der Waals surface area contributed by atoms with Crippen molar-refractivity contribution in [2.24, 2.45) is 16.2 Å². The zero-order chi connectivity index (χ0) is 37.4. The average molecular weight is 677 g/mol. The average Bonchev–Trinajstić information content (AvgIpc) is 3.12. The Labute approximate surface area is 304 Å². The van der Waals surface area contributed by atoms with Crippen LogP contribution in [0.3, 0.4) is 0 Å². The first-order chi connectivity index (χ1) is 23.6. The largest absolute Gasteiger partial charge is 0.294 e. The molecular weight excluding hydrogens is 613 g/mol. The van der Waals surface area contributed by atoms with Gasteiger partial charge in [-0.1, -0.05) is 191 Å². The van der Waals surface area contributed by atoms with Crippen LogP contribution in [0.15, 0.2) is 97.1 Å². The van der Waals surface area contributed by atoms with Gasteiger partial charge in [-0.2, -0.15) is 0 Å². The minimum absolute atomic E-state index is 0.225. The molecule has 270 valence electrons. The van der Waals surface area contributed by atoms with E-state index in [2.05, 4.69) is 46.8 Å². The van der Waals surface area contributed by atoms with Crippen molar-refractivity contribution in [3.05, 3.63) is 119 Å². The van der Waals surface area contributed by atoms with Crippen LogP contribution in [0, 0.1) is 23.2 Å². The van der Waals surface area contributed by atoms with Crippen molar-refractivity contribution in [2.45, 2.75) is 127 Å². The highest BCUT2D eigenvalue weighted by molar-refractivity contribution is 6.03. The van der Waals surface area contributed by atoms with Crippen molar-refractivity contribution in [1.82, 2.24) is 0 Å². The molecule has 0 atom stereocenters. The topological polar surface area (TPSA) is 51.2 Å². The van der Waals surface area contributed by atoms with Gasteiger partial charge >= 0.3 is 0 Å². The lowest BCUT2D eigenvalue weighted by Crippen LogP contribution is -2.24. The summed E-state index contributed by atoms with van der Waals surface area (Å²) in [7, 11) is 0. The summed E-state index contributed by atoms with van der Waals surface area (Å²) in [6.45, 7) is 20.8. The zero-order valence-electron chi connectivity index (χ0n) is 32.8. The number of carbonyl (C=O) groups excluding carboxylic acids is 3. The zero-order valence-corrected chi connectivity index (χ0v) is 32.8. The number of hydrogen-bond acceptors (Lipinski definition) is 3. The molecule has 0 heterocycles. The van der Waals surface area contributed by atoms with E-state index in [4.69, 9.17) is 0 Å². The van der Waals surface area contributed by atoms with E-state index in [9.17, 15) is 14.4 Å². The number of aryl methyl sites for hydroxylation is 1. The van der Waals surface area contributed by atoms with Crippen molar-refractivity contribution in [3.8, 4) is 0 Å². The lowest BCUT2D eigenvalue weighted by Gasteiger charge is -2.23. The molecule has 0 bridgehead atoms. The van der Waals surface area contributed by atoms with Gasteiger partial charge in [-0.15, -0.1) is 0 Å². The molecule has 0 saturated heterocycles. The van der Waals surface area contributed by atoms with Crippen LogP contribution < -0.4 is 0 Å². The number of Topliss-reactive ketones (excluding diaryl/α,β-unsaturated/α-hetero) is 3. The molecule has 4 rings (SSSR count). The normalized spacial score (nSPS) is 11.6. The third-order valence-corrected chi connectivity index (χ3v) is 9.64. The third-order valence-electron chi connectivity index (χ3n) is 9.64. The Kier molecular flexibility index (Phi) is 17.0. The number of hydrogen-bond donors (Lipinski definition) is 0. The molecule has 0 N–H and O–H groups in total. The summed E-state index contributed by atoms with van der Waals surface area (Å²) in [5.41, 5.74) is 2.94. The molecule has 0 fully saturated rings. The summed E-state index contributed by atoms with van der Waals surface area (Å²) in [4.78, 5) is 37.1. The van der Waals surface area contributed by atoms with Crippen LogP contribution in [0.5, 0.6) is 0 Å². The van der Waals surface area contributed by atoms with E-state index in [1.807, 2.05) is 120 Å². The standard InChI is InChI=1S/C18H22O.C15H22O.C14H20O/c1-4-5-12-18(2,3)17(19)16-11-10-14-8-6-7-9-15(14)13-16;1-5-6-10-15(3,4)14(16)13-9-7-8-12(2)11-13;1-4-5-11-14(2,3)13(15)12-9-7-6-8-10-12/h6-11,13H,4-5,12H2,1-3H3;7-9,11H,5-6,10H2,1-4H3;6-10H,4-5,11H2,1-3H3. The molecule has 0 aromatic heterocycles. The van der Waals surface area contributed by atoms with Crippen molar-refractivity contribution < 1.29 is 14.4 Å². The van der Waals surface area contributed by atoms with E-state index in [0.29, 0.717) is 0 Å². The number of carbonyl (C=O) groups is 3. The van der Waals surface area contributed by atoms with Crippen molar-refractivity contribution >= 4 is 28.1 Å². The van der Waals surface area contributed by atoms with E-state index >= 15 is 0 Å². The Morgan fingerprint density at radius 1 is 0.440 bits per heavy atom. The number of ketones is 3. The summed E-state index contributed by atoms with van der Waals surface area (Å²) in [6.07, 6.45) is 9.65. The Bertz CT molecular complexity index is 1640. The molecule has 3 nitrogen and oxygen atoms in total. The molecule has 0 amide bonds. The monoisotopic (exact) mass is 676 g/mol. The molecule has 0 unspecified atom stereocenters. The van der Waals surface area contributed by atoms with Crippen molar-refractivity contribution in [3.63, 3.8) is 0 Å². The second kappa shape index (κ2) is 20.1. The van der Waals surface area contributed by atoms with Crippen LogP contribution in [-0.2, 0) is 0 Å². The van der Waals surface area contributed by atoms with Gasteiger partial charge in [0.25, 0.3) is 0 Å². The molecule has 0 aliphatic heterocycles. The molecule has 50 heavy (non-hydrogen) atoms. The lowest BCUT2D eigenvalue weighted by atomic mass is 9.79. The Balaban J connectivity index is 0.000000263. The van der Waals surface area contributed by atoms with Crippen LogP contribution in [0.4, 0.5) is 0 Å². The SMILES string of the molecule is CCCCC(C)(C)C(=O)c1ccc2ccccc2c1.CCCCC(C)(C)C(=O)c1cccc(C)c1.CCCCC(C)(C)C(=O)c1ccccc1. The van der Waals surface area contributed by atoms with E-state index in [0.717, 1.165) is 85.4 Å². The van der Waals surface area contributed by atoms with Crippen LogP contribution in [0.1, 0.15) is 157 Å². The highest BCUT2D eigenvalue weighted by atomic mass is 16.1. The second-order valence-electron chi connectivity index (χ2n) is 15.7. The summed E-state index contributed by atoms with van der Waals surface area (Å²) >= 11 is 0. The van der Waals surface area contributed by atoms with Crippen LogP contribution in [0.2, 0.25) is 0 Å². The number of rotatable bonds is 15. The first-order valence-corrected chi connectivity index (χ1v) is 18.8. The first kappa shape index (κ1) is 42.3. The van der Waals surface area contributed by atoms with Crippen molar-refractivity contribution in [1.29, 1.82) is 0 Å². The predicted octanol–water partition coefficient (Wildman–Crippen LogP) is 13.7. The van der Waals surface area contributed by atoms with Gasteiger partial charge in [-0.05, 0) is 49.1 Å². The van der Waals surface area contributed by atoms with Gasteiger partial charge in [-0.25, -0.2) is 0 Å². The van der Waals surface area contributed by atoms with E-state index in [1.165, 1.54) is 5.39 Å². The van der Waals surface area contributed by atoms with Crippen molar-refractivity contribution in [2.75, 3.05) is 0 Å². The molecule has 4 aromatic rings. The highest BCUT2D eigenvalue weighted by Crippen LogP contribution is 2.31. The maximum atomic E-state index is 12.6. The first-order valence-electron chi connectivity index (χ1n) is 18.8. The Hall–Kier alpha value is -3.85. The maximum absolute atomic E-state index is 12.6. The summed E-state index contributed by atoms with van der Waals surface area (Å²) < 4.78 is 0. The minimum atomic E-state index is -0.265. The number of unbranched alkanes of at least 4 members (excludes halogenated alkanes) is 3. The third kappa shape index (κ3) is 13.1. The molecule has 0 radical (unpaired) electrons. The fourth-order valence-corrected chi connectivity index (χ4v) is 6.08. The molecular formula is C47H64O3. The molecule has 0 aliphatic rings. The van der Waals surface area contributed by atoms with Crippen LogP contribution in [-0.4, -0.2) is 17.3 Å². The van der Waals surface area contributed by atoms with Gasteiger partial charge in [0.1, 0.15) is 0 Å². The number of fused-ring (bicyclic) bond motifs is 1. The smallest absolute Gasteiger partial charge is 0.168 e. The summed E-state index contributed by atoms with van der Waals surface area (Å²) in [5.74, 6) is 0.785. The van der Waals surface area contributed by atoms with Gasteiger partial charge in [0.15, 0.2) is 17.3 Å². The molecule has 3 heteroatoms. The fourth-order valence-electron chi connectivity index (χ4n) is 6.08. The van der Waals surface area contributed by atoms with Gasteiger partial charge in [0, 0.05) is 32.9 Å². The molecule has 4 aromatic carbocycles. The van der Waals surface area contributed by atoms with Crippen LogP contribution in [0.25, 0.3) is 10.8 Å². The number of benzene rings is 4. The highest BCUT2D eigenvalue weighted by Gasteiger charge is 2.29. The predicted molar refractivity (Wildman–Crippen MR) is 214 cm³/mol. The summed E-state index contributed by atoms with van der Waals surface area (Å²) in [5, 5.41) is 2.32. The van der Waals surface area contributed by atoms with E-state index < -0.39 is 0 Å². The lowest BCUT2D eigenvalue weighted by molar-refractivity contribution is 0.0817. The van der Waals surface area contributed by atoms with Gasteiger partial charge in [0.05, 0.1) is 0 Å². The van der Waals surface area contributed by atoms with Crippen LogP contribution >= 0.6 is 0 Å². The second-order valence-corrected chi connectivity index (χ2v) is 15.7.